The van der Waals surface area contributed by atoms with Gasteiger partial charge in [0.1, 0.15) is 0 Å². The minimum Gasteiger partial charge on any atom is -0.480 e. The Bertz CT molecular complexity index is 225. The van der Waals surface area contributed by atoms with Crippen LogP contribution in [0.1, 0.15) is 27.7 Å². The first-order valence-electron chi connectivity index (χ1n) is 4.17. The lowest BCUT2D eigenvalue weighted by Crippen LogP contribution is -2.48. The fraction of sp³-hybridized carbons (Fsp3) is 0.778. The molecule has 0 saturated heterocycles. The maximum atomic E-state index is 10.5. The molecule has 0 aliphatic rings. The standard InChI is InChI=1S/C9H16N2O2/c1-7(5-10)11(6-8(12)13)9(2,3)4/h7H,6H2,1-4H3,(H,12,13). The summed E-state index contributed by atoms with van der Waals surface area (Å²) >= 11 is 0. The Hall–Kier alpha value is -1.08. The van der Waals surface area contributed by atoms with Gasteiger partial charge in [-0.05, 0) is 27.7 Å². The quantitative estimate of drug-likeness (QED) is 0.713. The van der Waals surface area contributed by atoms with Crippen molar-refractivity contribution in [2.45, 2.75) is 39.3 Å². The maximum absolute atomic E-state index is 10.5. The van der Waals surface area contributed by atoms with Gasteiger partial charge in [0.25, 0.3) is 0 Å². The Morgan fingerprint density at radius 1 is 1.62 bits per heavy atom. The molecule has 0 heterocycles. The van der Waals surface area contributed by atoms with Gasteiger partial charge in [-0.25, -0.2) is 0 Å². The van der Waals surface area contributed by atoms with Gasteiger partial charge in [0.2, 0.25) is 0 Å². The summed E-state index contributed by atoms with van der Waals surface area (Å²) in [5.74, 6) is -0.906. The number of nitriles is 1. The van der Waals surface area contributed by atoms with Gasteiger partial charge in [-0.2, -0.15) is 5.26 Å². The van der Waals surface area contributed by atoms with E-state index in [1.165, 1.54) is 0 Å². The summed E-state index contributed by atoms with van der Waals surface area (Å²) in [6, 6.07) is 1.66. The van der Waals surface area contributed by atoms with Crippen molar-refractivity contribution in [3.05, 3.63) is 0 Å². The summed E-state index contributed by atoms with van der Waals surface area (Å²) in [7, 11) is 0. The molecule has 0 rings (SSSR count). The van der Waals surface area contributed by atoms with Crippen LogP contribution < -0.4 is 0 Å². The van der Waals surface area contributed by atoms with Crippen LogP contribution in [-0.2, 0) is 4.79 Å². The number of hydrogen-bond acceptors (Lipinski definition) is 3. The molecule has 0 spiro atoms. The lowest BCUT2D eigenvalue weighted by atomic mass is 10.0. The first kappa shape index (κ1) is 11.9. The van der Waals surface area contributed by atoms with Gasteiger partial charge in [-0.3, -0.25) is 9.69 Å². The van der Waals surface area contributed by atoms with Crippen LogP contribution in [0.2, 0.25) is 0 Å². The molecular formula is C9H16N2O2. The van der Waals surface area contributed by atoms with E-state index in [0.717, 1.165) is 0 Å². The molecule has 0 saturated carbocycles. The third kappa shape index (κ3) is 3.90. The van der Waals surface area contributed by atoms with E-state index in [1.54, 1.807) is 11.8 Å². The molecule has 0 fully saturated rings. The van der Waals surface area contributed by atoms with Crippen molar-refractivity contribution in [2.75, 3.05) is 6.54 Å². The van der Waals surface area contributed by atoms with Gasteiger partial charge in [0, 0.05) is 5.54 Å². The highest BCUT2D eigenvalue weighted by Crippen LogP contribution is 2.15. The second-order valence-electron chi connectivity index (χ2n) is 4.00. The molecule has 4 heteroatoms. The minimum atomic E-state index is -0.906. The van der Waals surface area contributed by atoms with Crippen LogP contribution >= 0.6 is 0 Å². The molecule has 1 atom stereocenters. The van der Waals surface area contributed by atoms with Crippen LogP contribution in [0.25, 0.3) is 0 Å². The second kappa shape index (κ2) is 4.24. The van der Waals surface area contributed by atoms with Crippen LogP contribution in [0.5, 0.6) is 0 Å². The molecule has 1 unspecified atom stereocenters. The van der Waals surface area contributed by atoms with E-state index < -0.39 is 5.97 Å². The van der Waals surface area contributed by atoms with Gasteiger partial charge in [0.15, 0.2) is 0 Å². The van der Waals surface area contributed by atoms with Crippen LogP contribution in [0, 0.1) is 11.3 Å². The molecule has 0 aliphatic carbocycles. The Morgan fingerprint density at radius 3 is 2.31 bits per heavy atom. The lowest BCUT2D eigenvalue weighted by Gasteiger charge is -2.35. The summed E-state index contributed by atoms with van der Waals surface area (Å²) in [4.78, 5) is 12.2. The Morgan fingerprint density at radius 2 is 2.08 bits per heavy atom. The lowest BCUT2D eigenvalue weighted by molar-refractivity contribution is -0.140. The van der Waals surface area contributed by atoms with Crippen molar-refractivity contribution in [2.24, 2.45) is 0 Å². The largest absolute Gasteiger partial charge is 0.480 e. The average Bonchev–Trinajstić information content (AvgIpc) is 1.96. The van der Waals surface area contributed by atoms with Crippen molar-refractivity contribution in [1.29, 1.82) is 5.26 Å². The number of carbonyl (C=O) groups is 1. The highest BCUT2D eigenvalue weighted by atomic mass is 16.4. The number of nitrogens with zero attached hydrogens (tertiary/aromatic N) is 2. The first-order valence-corrected chi connectivity index (χ1v) is 4.17. The first-order chi connectivity index (χ1) is 5.79. The molecule has 0 bridgehead atoms. The molecule has 0 aromatic rings. The summed E-state index contributed by atoms with van der Waals surface area (Å²) < 4.78 is 0. The zero-order chi connectivity index (χ0) is 10.6. The summed E-state index contributed by atoms with van der Waals surface area (Å²) in [5, 5.41) is 17.3. The van der Waals surface area contributed by atoms with Crippen molar-refractivity contribution < 1.29 is 9.90 Å². The summed E-state index contributed by atoms with van der Waals surface area (Å²) in [6.45, 7) is 7.28. The van der Waals surface area contributed by atoms with Gasteiger partial charge < -0.3 is 5.11 Å². The number of rotatable bonds is 3. The van der Waals surface area contributed by atoms with Crippen molar-refractivity contribution >= 4 is 5.97 Å². The second-order valence-corrected chi connectivity index (χ2v) is 4.00. The molecular weight excluding hydrogens is 168 g/mol. The zero-order valence-corrected chi connectivity index (χ0v) is 8.53. The predicted molar refractivity (Wildman–Crippen MR) is 49.2 cm³/mol. The van der Waals surface area contributed by atoms with E-state index in [1.807, 2.05) is 26.8 Å². The van der Waals surface area contributed by atoms with E-state index in [2.05, 4.69) is 0 Å². The van der Waals surface area contributed by atoms with Crippen molar-refractivity contribution in [3.8, 4) is 6.07 Å². The van der Waals surface area contributed by atoms with E-state index >= 15 is 0 Å². The van der Waals surface area contributed by atoms with E-state index in [-0.39, 0.29) is 18.1 Å². The van der Waals surface area contributed by atoms with Crippen LogP contribution in [0.3, 0.4) is 0 Å². The number of carboxylic acid groups (broad SMARTS) is 1. The molecule has 0 aromatic heterocycles. The molecule has 1 N–H and O–H groups in total. The zero-order valence-electron chi connectivity index (χ0n) is 8.53. The molecule has 0 aliphatic heterocycles. The summed E-state index contributed by atoms with van der Waals surface area (Å²) in [6.07, 6.45) is 0. The Balaban J connectivity index is 4.58. The normalized spacial score (nSPS) is 13.8. The third-order valence-corrected chi connectivity index (χ3v) is 1.82. The molecule has 0 radical (unpaired) electrons. The van der Waals surface area contributed by atoms with Gasteiger partial charge >= 0.3 is 5.97 Å². The predicted octanol–water partition coefficient (Wildman–Crippen LogP) is 1.08. The van der Waals surface area contributed by atoms with Gasteiger partial charge in [-0.15, -0.1) is 0 Å². The van der Waals surface area contributed by atoms with Gasteiger partial charge in [0.05, 0.1) is 18.7 Å². The third-order valence-electron chi connectivity index (χ3n) is 1.82. The monoisotopic (exact) mass is 184 g/mol. The fourth-order valence-corrected chi connectivity index (χ4v) is 1.17. The highest BCUT2D eigenvalue weighted by molar-refractivity contribution is 5.69. The fourth-order valence-electron chi connectivity index (χ4n) is 1.17. The van der Waals surface area contributed by atoms with Gasteiger partial charge in [-0.1, -0.05) is 0 Å². The number of aliphatic carboxylic acids is 1. The number of hydrogen-bond donors (Lipinski definition) is 1. The molecule has 13 heavy (non-hydrogen) atoms. The van der Waals surface area contributed by atoms with E-state index in [0.29, 0.717) is 0 Å². The van der Waals surface area contributed by atoms with Crippen LogP contribution in [0.4, 0.5) is 0 Å². The molecule has 0 amide bonds. The summed E-state index contributed by atoms with van der Waals surface area (Å²) in [5.41, 5.74) is -0.298. The Kier molecular flexibility index (Phi) is 3.89. The van der Waals surface area contributed by atoms with Crippen molar-refractivity contribution in [3.63, 3.8) is 0 Å². The molecule has 4 nitrogen and oxygen atoms in total. The number of carboxylic acids is 1. The molecule has 74 valence electrons. The topological polar surface area (TPSA) is 64.3 Å². The smallest absolute Gasteiger partial charge is 0.317 e. The van der Waals surface area contributed by atoms with Crippen molar-refractivity contribution in [1.82, 2.24) is 4.90 Å². The van der Waals surface area contributed by atoms with E-state index in [4.69, 9.17) is 10.4 Å². The SMILES string of the molecule is CC(C#N)N(CC(=O)O)C(C)(C)C. The minimum absolute atomic E-state index is 0.0990. The van der Waals surface area contributed by atoms with E-state index in [9.17, 15) is 4.79 Å². The van der Waals surface area contributed by atoms with Crippen LogP contribution in [-0.4, -0.2) is 34.1 Å². The average molecular weight is 184 g/mol. The maximum Gasteiger partial charge on any atom is 0.317 e. The Labute approximate surface area is 78.8 Å². The van der Waals surface area contributed by atoms with Crippen LogP contribution in [0.15, 0.2) is 0 Å². The highest BCUT2D eigenvalue weighted by Gasteiger charge is 2.27. The molecule has 0 aromatic carbocycles.